The van der Waals surface area contributed by atoms with E-state index in [9.17, 15) is 0 Å². The molecule has 0 spiro atoms. The van der Waals surface area contributed by atoms with E-state index in [1.54, 1.807) is 0 Å². The highest BCUT2D eigenvalue weighted by Gasteiger charge is 2.36. The molecule has 2 nitrogen and oxygen atoms in total. The highest BCUT2D eigenvalue weighted by molar-refractivity contribution is 6.15. The maximum Gasteiger partial charge on any atom is 0.0582 e. The number of hydrogen-bond acceptors (Lipinski definition) is 1. The van der Waals surface area contributed by atoms with Crippen molar-refractivity contribution in [3.8, 4) is 16.8 Å². The summed E-state index contributed by atoms with van der Waals surface area (Å²) in [6.45, 7) is 4.79. The van der Waals surface area contributed by atoms with Crippen LogP contribution in [0.25, 0.3) is 66.2 Å². The van der Waals surface area contributed by atoms with E-state index in [1.165, 1.54) is 88.1 Å². The van der Waals surface area contributed by atoms with Gasteiger partial charge in [0.15, 0.2) is 0 Å². The maximum absolute atomic E-state index is 2.53. The molecule has 1 aromatic heterocycles. The predicted molar refractivity (Wildman–Crippen MR) is 225 cm³/mol. The van der Waals surface area contributed by atoms with E-state index in [2.05, 4.69) is 193 Å². The Bertz CT molecular complexity index is 2990. The number of anilines is 3. The third-order valence-electron chi connectivity index (χ3n) is 12.0. The lowest BCUT2D eigenvalue weighted by Crippen LogP contribution is -2.26. The minimum absolute atomic E-state index is 0.184. The van der Waals surface area contributed by atoms with Gasteiger partial charge in [0.25, 0.3) is 0 Å². The average Bonchev–Trinajstić information content (AvgIpc) is 3.53. The second-order valence-corrected chi connectivity index (χ2v) is 15.3. The lowest BCUT2D eigenvalue weighted by molar-refractivity contribution is 0.630. The van der Waals surface area contributed by atoms with Crippen LogP contribution in [-0.2, 0) is 11.8 Å². The quantitative estimate of drug-likeness (QED) is 0.180. The van der Waals surface area contributed by atoms with Gasteiger partial charge in [-0.25, -0.2) is 0 Å². The molecule has 53 heavy (non-hydrogen) atoms. The zero-order valence-electron chi connectivity index (χ0n) is 30.0. The Morgan fingerprint density at radius 2 is 1.28 bits per heavy atom. The lowest BCUT2D eigenvalue weighted by atomic mass is 9.74. The van der Waals surface area contributed by atoms with Crippen LogP contribution >= 0.6 is 0 Å². The molecule has 0 unspecified atom stereocenters. The first-order valence-electron chi connectivity index (χ1n) is 18.8. The first kappa shape index (κ1) is 30.3. The van der Waals surface area contributed by atoms with Crippen molar-refractivity contribution < 1.29 is 0 Å². The molecule has 0 radical (unpaired) electrons. The van der Waals surface area contributed by atoms with E-state index in [1.807, 2.05) is 0 Å². The topological polar surface area (TPSA) is 8.17 Å². The van der Waals surface area contributed by atoms with E-state index in [-0.39, 0.29) is 5.41 Å². The van der Waals surface area contributed by atoms with Crippen molar-refractivity contribution in [1.29, 1.82) is 0 Å². The maximum atomic E-state index is 2.53. The van der Waals surface area contributed by atoms with Crippen molar-refractivity contribution in [2.75, 3.05) is 4.90 Å². The molecule has 0 amide bonds. The molecule has 11 rings (SSSR count). The van der Waals surface area contributed by atoms with E-state index in [0.717, 1.165) is 24.2 Å². The zero-order valence-corrected chi connectivity index (χ0v) is 30.0. The summed E-state index contributed by atoms with van der Waals surface area (Å²) in [5.74, 6) is 0. The van der Waals surface area contributed by atoms with Gasteiger partial charge in [0.05, 0.1) is 16.7 Å². The molecule has 0 saturated heterocycles. The third-order valence-corrected chi connectivity index (χ3v) is 12.0. The summed E-state index contributed by atoms with van der Waals surface area (Å²) in [5.41, 5.74) is 15.1. The fraction of sp³-hybridized carbons (Fsp3) is 0.0980. The molecule has 2 heterocycles. The molecule has 0 N–H and O–H groups in total. The summed E-state index contributed by atoms with van der Waals surface area (Å²) >= 11 is 0. The number of fused-ring (bicyclic) bond motifs is 8. The number of hydrogen-bond donors (Lipinski definition) is 0. The molecular formula is C51H38N2. The highest BCUT2D eigenvalue weighted by Crippen LogP contribution is 2.50. The Balaban J connectivity index is 1.21. The fourth-order valence-electron chi connectivity index (χ4n) is 9.29. The van der Waals surface area contributed by atoms with Gasteiger partial charge in [-0.3, -0.25) is 0 Å². The number of rotatable bonds is 4. The van der Waals surface area contributed by atoms with Crippen molar-refractivity contribution in [2.45, 2.75) is 32.1 Å². The second kappa shape index (κ2) is 11.3. The Morgan fingerprint density at radius 1 is 0.547 bits per heavy atom. The number of nitrogens with zero attached hydrogens (tertiary/aromatic N) is 2. The number of aryl methyl sites for hydroxylation is 1. The molecule has 0 fully saturated rings. The molecule has 2 aliphatic rings. The van der Waals surface area contributed by atoms with Gasteiger partial charge in [-0.1, -0.05) is 123 Å². The molecular weight excluding hydrogens is 641 g/mol. The van der Waals surface area contributed by atoms with Gasteiger partial charge in [-0.2, -0.15) is 0 Å². The number of allylic oxidation sites excluding steroid dienone is 1. The molecule has 1 aliphatic heterocycles. The van der Waals surface area contributed by atoms with Gasteiger partial charge in [-0.05, 0) is 128 Å². The molecule has 252 valence electrons. The van der Waals surface area contributed by atoms with Crippen LogP contribution in [0.4, 0.5) is 17.1 Å². The highest BCUT2D eigenvalue weighted by atomic mass is 15.1. The van der Waals surface area contributed by atoms with Gasteiger partial charge in [0.1, 0.15) is 0 Å². The Labute approximate surface area is 309 Å². The standard InChI is InChI=1S/C51H38N2/c1-51(2)46-20-9-10-21-49(46)53-48-27-26-41(32-44(48)45-30-38(31-47(51)50(45)53)43-19-11-17-35-14-7-8-18-42(35)43)52(39-24-22-33-12-3-5-15-36(33)28-39)40-25-23-34-13-4-6-16-37(34)29-40/h3,5-12,14-32H,4,13H2,1-2H3. The van der Waals surface area contributed by atoms with Crippen LogP contribution in [0.5, 0.6) is 0 Å². The molecule has 0 bridgehead atoms. The smallest absolute Gasteiger partial charge is 0.0582 e. The summed E-state index contributed by atoms with van der Waals surface area (Å²) in [7, 11) is 0. The summed E-state index contributed by atoms with van der Waals surface area (Å²) in [6, 6.07) is 59.1. The third kappa shape index (κ3) is 4.52. The molecule has 0 atom stereocenters. The monoisotopic (exact) mass is 678 g/mol. The summed E-state index contributed by atoms with van der Waals surface area (Å²) in [6.07, 6.45) is 6.79. The van der Waals surface area contributed by atoms with Crippen LogP contribution in [0.3, 0.4) is 0 Å². The van der Waals surface area contributed by atoms with Gasteiger partial charge in [-0.15, -0.1) is 0 Å². The van der Waals surface area contributed by atoms with Crippen molar-refractivity contribution >= 4 is 66.5 Å². The number of aromatic nitrogens is 1. The van der Waals surface area contributed by atoms with E-state index in [4.69, 9.17) is 0 Å². The normalized spacial score (nSPS) is 14.2. The minimum Gasteiger partial charge on any atom is -0.310 e. The summed E-state index contributed by atoms with van der Waals surface area (Å²) in [4.78, 5) is 2.45. The van der Waals surface area contributed by atoms with Crippen LogP contribution in [0.15, 0.2) is 164 Å². The minimum atomic E-state index is -0.184. The zero-order chi connectivity index (χ0) is 35.3. The van der Waals surface area contributed by atoms with Crippen molar-refractivity contribution in [2.24, 2.45) is 0 Å². The van der Waals surface area contributed by atoms with Crippen LogP contribution in [0.1, 0.15) is 42.5 Å². The van der Waals surface area contributed by atoms with Crippen LogP contribution in [0, 0.1) is 0 Å². The average molecular weight is 679 g/mol. The molecule has 1 aliphatic carbocycles. The van der Waals surface area contributed by atoms with Gasteiger partial charge in [0, 0.05) is 33.2 Å². The summed E-state index contributed by atoms with van der Waals surface area (Å²) in [5, 5.41) is 7.58. The summed E-state index contributed by atoms with van der Waals surface area (Å²) < 4.78 is 2.53. The molecule has 9 aromatic rings. The Hall–Kier alpha value is -6.38. The van der Waals surface area contributed by atoms with Gasteiger partial charge >= 0.3 is 0 Å². The van der Waals surface area contributed by atoms with Crippen molar-refractivity contribution in [1.82, 2.24) is 4.57 Å². The van der Waals surface area contributed by atoms with Gasteiger partial charge in [0.2, 0.25) is 0 Å². The van der Waals surface area contributed by atoms with Crippen molar-refractivity contribution in [3.63, 3.8) is 0 Å². The SMILES string of the molecule is CC1(C)c2ccccc2-n2c3ccc(N(c4ccc5c(c4)C=CCC5)c4ccc5ccccc5c4)cc3c3cc(-c4cccc5ccccc45)cc1c32. The fourth-order valence-corrected chi connectivity index (χ4v) is 9.29. The number of para-hydroxylation sites is 1. The predicted octanol–water partition coefficient (Wildman–Crippen LogP) is 13.8. The largest absolute Gasteiger partial charge is 0.310 e. The lowest BCUT2D eigenvalue weighted by Gasteiger charge is -2.35. The van der Waals surface area contributed by atoms with E-state index < -0.39 is 0 Å². The van der Waals surface area contributed by atoms with Crippen LogP contribution in [0.2, 0.25) is 0 Å². The molecule has 2 heteroatoms. The Morgan fingerprint density at radius 3 is 2.21 bits per heavy atom. The van der Waals surface area contributed by atoms with Crippen LogP contribution < -0.4 is 4.90 Å². The van der Waals surface area contributed by atoms with E-state index in [0.29, 0.717) is 0 Å². The molecule has 0 saturated carbocycles. The molecule has 8 aromatic carbocycles. The first-order valence-corrected chi connectivity index (χ1v) is 18.8. The van der Waals surface area contributed by atoms with Crippen LogP contribution in [-0.4, -0.2) is 4.57 Å². The first-order chi connectivity index (χ1) is 26.0. The number of benzene rings is 8. The second-order valence-electron chi connectivity index (χ2n) is 15.3. The van der Waals surface area contributed by atoms with Crippen molar-refractivity contribution in [3.05, 3.63) is 186 Å². The van der Waals surface area contributed by atoms with E-state index >= 15 is 0 Å². The Kier molecular flexibility index (Phi) is 6.46. The van der Waals surface area contributed by atoms with Gasteiger partial charge < -0.3 is 9.47 Å².